The number of amides is 1. The fourth-order valence-electron chi connectivity index (χ4n) is 3.97. The molecular formula is C20H20Cl2N2O4S. The fraction of sp³-hybridized carbons (Fsp3) is 0.350. The Labute approximate surface area is 180 Å². The van der Waals surface area contributed by atoms with Crippen LogP contribution < -0.4 is 4.90 Å². The topological polar surface area (TPSA) is 66.9 Å². The first-order valence-electron chi connectivity index (χ1n) is 9.28. The largest absolute Gasteiger partial charge is 0.444 e. The molecule has 0 saturated carbocycles. The molecule has 2 aliphatic heterocycles. The Morgan fingerprint density at radius 3 is 2.52 bits per heavy atom. The number of aryl methyl sites for hydroxylation is 1. The molecule has 1 fully saturated rings. The van der Waals surface area contributed by atoms with Gasteiger partial charge in [-0.25, -0.2) is 13.2 Å². The highest BCUT2D eigenvalue weighted by atomic mass is 35.5. The van der Waals surface area contributed by atoms with Gasteiger partial charge in [0.05, 0.1) is 10.7 Å². The lowest BCUT2D eigenvalue weighted by molar-refractivity contribution is 0.136. The predicted octanol–water partition coefficient (Wildman–Crippen LogP) is 4.61. The zero-order valence-electron chi connectivity index (χ0n) is 15.8. The molecule has 154 valence electrons. The van der Waals surface area contributed by atoms with Crippen molar-refractivity contribution in [1.29, 1.82) is 0 Å². The van der Waals surface area contributed by atoms with Crippen LogP contribution in [0.4, 0.5) is 10.5 Å². The molecule has 2 aromatic rings. The number of sulfonamides is 1. The minimum Gasteiger partial charge on any atom is -0.444 e. The van der Waals surface area contributed by atoms with E-state index in [1.807, 2.05) is 6.07 Å². The van der Waals surface area contributed by atoms with Crippen molar-refractivity contribution in [2.24, 2.45) is 0 Å². The van der Waals surface area contributed by atoms with Gasteiger partial charge in [-0.1, -0.05) is 35.3 Å². The number of rotatable bonds is 3. The van der Waals surface area contributed by atoms with E-state index < -0.39 is 16.1 Å². The van der Waals surface area contributed by atoms with Gasteiger partial charge < -0.3 is 4.74 Å². The van der Waals surface area contributed by atoms with Crippen LogP contribution in [0.3, 0.4) is 0 Å². The number of fused-ring (bicyclic) bond motifs is 1. The number of benzene rings is 2. The van der Waals surface area contributed by atoms with Gasteiger partial charge in [-0.3, -0.25) is 4.90 Å². The van der Waals surface area contributed by atoms with Crippen LogP contribution in [0.2, 0.25) is 10.0 Å². The van der Waals surface area contributed by atoms with Crippen LogP contribution in [0.15, 0.2) is 41.3 Å². The number of carbonyl (C=O) groups is 1. The van der Waals surface area contributed by atoms with Crippen LogP contribution in [0.25, 0.3) is 0 Å². The van der Waals surface area contributed by atoms with E-state index in [0.29, 0.717) is 36.5 Å². The van der Waals surface area contributed by atoms with Crippen molar-refractivity contribution in [2.45, 2.75) is 37.3 Å². The molecule has 0 aliphatic carbocycles. The molecule has 0 radical (unpaired) electrons. The van der Waals surface area contributed by atoms with E-state index in [1.165, 1.54) is 4.31 Å². The standard InChI is InChI=1S/C20H20Cl2N2O4S/c1-13-3-2-4-17(22)19(13)29(26,27)23-9-7-16(8-10-23)24-18-6-5-15(21)11-14(18)12-28-20(24)25/h2-6,11,16H,7-10,12H2,1H3. The summed E-state index contributed by atoms with van der Waals surface area (Å²) in [6.45, 7) is 2.51. The third kappa shape index (κ3) is 3.72. The summed E-state index contributed by atoms with van der Waals surface area (Å²) in [6, 6.07) is 10.2. The maximum Gasteiger partial charge on any atom is 0.414 e. The van der Waals surface area contributed by atoms with Gasteiger partial charge >= 0.3 is 6.09 Å². The number of anilines is 1. The third-order valence-electron chi connectivity index (χ3n) is 5.40. The molecule has 1 amide bonds. The zero-order chi connectivity index (χ0) is 20.8. The van der Waals surface area contributed by atoms with E-state index in [9.17, 15) is 13.2 Å². The average Bonchev–Trinajstić information content (AvgIpc) is 2.68. The van der Waals surface area contributed by atoms with E-state index in [0.717, 1.165) is 11.3 Å². The Kier molecular flexibility index (Phi) is 5.50. The Morgan fingerprint density at radius 1 is 1.10 bits per heavy atom. The molecule has 9 heteroatoms. The Bertz CT molecular complexity index is 1050. The van der Waals surface area contributed by atoms with Crippen molar-refractivity contribution in [3.63, 3.8) is 0 Å². The molecule has 1 saturated heterocycles. The normalized spacial score (nSPS) is 18.4. The van der Waals surface area contributed by atoms with Gasteiger partial charge in [-0.05, 0) is 49.6 Å². The third-order valence-corrected chi connectivity index (χ3v) is 8.16. The second-order valence-corrected chi connectivity index (χ2v) is 9.94. The van der Waals surface area contributed by atoms with Gasteiger partial charge in [0.2, 0.25) is 10.0 Å². The van der Waals surface area contributed by atoms with E-state index >= 15 is 0 Å². The van der Waals surface area contributed by atoms with Crippen molar-refractivity contribution < 1.29 is 17.9 Å². The molecule has 2 heterocycles. The van der Waals surface area contributed by atoms with Gasteiger partial charge in [0.25, 0.3) is 0 Å². The molecular weight excluding hydrogens is 435 g/mol. The Hall–Kier alpha value is -1.80. The first-order valence-corrected chi connectivity index (χ1v) is 11.5. The van der Waals surface area contributed by atoms with Crippen molar-refractivity contribution in [3.8, 4) is 0 Å². The highest BCUT2D eigenvalue weighted by molar-refractivity contribution is 7.89. The predicted molar refractivity (Wildman–Crippen MR) is 112 cm³/mol. The van der Waals surface area contributed by atoms with Crippen molar-refractivity contribution in [3.05, 3.63) is 57.6 Å². The molecule has 6 nitrogen and oxygen atoms in total. The van der Waals surface area contributed by atoms with Crippen molar-refractivity contribution >= 4 is 45.0 Å². The molecule has 2 aromatic carbocycles. The quantitative estimate of drug-likeness (QED) is 0.678. The van der Waals surface area contributed by atoms with Crippen molar-refractivity contribution in [2.75, 3.05) is 18.0 Å². The second kappa shape index (κ2) is 7.80. The van der Waals surface area contributed by atoms with Crippen LogP contribution in [0, 0.1) is 6.92 Å². The van der Waals surface area contributed by atoms with Crippen LogP contribution in [0.5, 0.6) is 0 Å². The molecule has 29 heavy (non-hydrogen) atoms. The number of carbonyl (C=O) groups excluding carboxylic acids is 1. The number of cyclic esters (lactones) is 1. The maximum atomic E-state index is 13.1. The first kappa shape index (κ1) is 20.5. The lowest BCUT2D eigenvalue weighted by atomic mass is 10.0. The van der Waals surface area contributed by atoms with Crippen LogP contribution in [0.1, 0.15) is 24.0 Å². The molecule has 4 rings (SSSR count). The van der Waals surface area contributed by atoms with Crippen molar-refractivity contribution in [1.82, 2.24) is 4.31 Å². The number of piperidine rings is 1. The van der Waals surface area contributed by atoms with E-state index in [-0.39, 0.29) is 22.6 Å². The summed E-state index contributed by atoms with van der Waals surface area (Å²) < 4.78 is 33.0. The van der Waals surface area contributed by atoms with Crippen LogP contribution in [-0.4, -0.2) is 37.9 Å². The van der Waals surface area contributed by atoms with Crippen LogP contribution >= 0.6 is 23.2 Å². The summed E-state index contributed by atoms with van der Waals surface area (Å²) in [7, 11) is -3.71. The van der Waals surface area contributed by atoms with E-state index in [4.69, 9.17) is 27.9 Å². The highest BCUT2D eigenvalue weighted by Gasteiger charge is 2.38. The van der Waals surface area contributed by atoms with Gasteiger partial charge in [0.15, 0.2) is 0 Å². The first-order chi connectivity index (χ1) is 13.8. The van der Waals surface area contributed by atoms with E-state index in [1.54, 1.807) is 42.2 Å². The minimum atomic E-state index is -3.71. The molecule has 0 spiro atoms. The lowest BCUT2D eigenvalue weighted by Gasteiger charge is -2.40. The van der Waals surface area contributed by atoms with Gasteiger partial charge in [-0.2, -0.15) is 4.31 Å². The van der Waals surface area contributed by atoms with Gasteiger partial charge in [0, 0.05) is 29.7 Å². The second-order valence-electron chi connectivity index (χ2n) is 7.22. The number of hydrogen-bond donors (Lipinski definition) is 0. The monoisotopic (exact) mass is 454 g/mol. The summed E-state index contributed by atoms with van der Waals surface area (Å²) in [5.41, 5.74) is 2.23. The van der Waals surface area contributed by atoms with Gasteiger partial charge in [0.1, 0.15) is 11.5 Å². The SMILES string of the molecule is Cc1cccc(Cl)c1S(=O)(=O)N1CCC(N2C(=O)OCc3cc(Cl)ccc32)CC1. The maximum absolute atomic E-state index is 13.1. The fourth-order valence-corrected chi connectivity index (χ4v) is 6.42. The van der Waals surface area contributed by atoms with E-state index in [2.05, 4.69) is 0 Å². The molecule has 0 N–H and O–H groups in total. The molecule has 0 aromatic heterocycles. The summed E-state index contributed by atoms with van der Waals surface area (Å²) in [5.74, 6) is 0. The Balaban J connectivity index is 1.55. The smallest absolute Gasteiger partial charge is 0.414 e. The molecule has 0 unspecified atom stereocenters. The average molecular weight is 455 g/mol. The minimum absolute atomic E-state index is 0.150. The molecule has 0 atom stereocenters. The summed E-state index contributed by atoms with van der Waals surface area (Å²) in [6.07, 6.45) is 0.586. The summed E-state index contributed by atoms with van der Waals surface area (Å²) in [4.78, 5) is 14.2. The number of ether oxygens (including phenoxy) is 1. The molecule has 0 bridgehead atoms. The number of halogens is 2. The van der Waals surface area contributed by atoms with Crippen LogP contribution in [-0.2, 0) is 21.4 Å². The molecule has 2 aliphatic rings. The highest BCUT2D eigenvalue weighted by Crippen LogP contribution is 2.35. The summed E-state index contributed by atoms with van der Waals surface area (Å²) >= 11 is 12.2. The zero-order valence-corrected chi connectivity index (χ0v) is 18.1. The Morgan fingerprint density at radius 2 is 1.83 bits per heavy atom. The lowest BCUT2D eigenvalue weighted by Crippen LogP contribution is -2.50. The number of nitrogens with zero attached hydrogens (tertiary/aromatic N) is 2. The summed E-state index contributed by atoms with van der Waals surface area (Å²) in [5, 5.41) is 0.801. The van der Waals surface area contributed by atoms with Gasteiger partial charge in [-0.15, -0.1) is 0 Å². The number of hydrogen-bond acceptors (Lipinski definition) is 4.